The maximum atomic E-state index is 10.9. The largest absolute Gasteiger partial charge is 0.416 e. The second-order valence-electron chi connectivity index (χ2n) is 3.62. The molecule has 0 saturated carbocycles. The summed E-state index contributed by atoms with van der Waals surface area (Å²) in [6.45, 7) is 0. The van der Waals surface area contributed by atoms with Crippen LogP contribution in [-0.4, -0.2) is 4.98 Å². The normalized spacial score (nSPS) is 10.8. The standard InChI is InChI=1S/C13H9NO2/c15-13-14-12(8-16-13)11-6-5-9-3-1-2-4-10(9)7-11/h1-8H,(H,14,15). The van der Waals surface area contributed by atoms with E-state index in [0.717, 1.165) is 10.9 Å². The van der Waals surface area contributed by atoms with Gasteiger partial charge in [0, 0.05) is 5.56 Å². The van der Waals surface area contributed by atoms with E-state index in [1.54, 1.807) is 0 Å². The molecular formula is C13H9NO2. The number of hydrogen-bond acceptors (Lipinski definition) is 2. The van der Waals surface area contributed by atoms with Gasteiger partial charge in [0.1, 0.15) is 6.26 Å². The highest BCUT2D eigenvalue weighted by Crippen LogP contribution is 2.22. The van der Waals surface area contributed by atoms with Crippen LogP contribution in [0.2, 0.25) is 0 Å². The molecule has 3 nitrogen and oxygen atoms in total. The van der Waals surface area contributed by atoms with Crippen LogP contribution in [0.25, 0.3) is 22.0 Å². The molecule has 0 amide bonds. The minimum Gasteiger partial charge on any atom is -0.416 e. The Labute approximate surface area is 91.3 Å². The zero-order valence-corrected chi connectivity index (χ0v) is 8.44. The molecule has 0 saturated heterocycles. The highest BCUT2D eigenvalue weighted by atomic mass is 16.4. The smallest absolute Gasteiger partial charge is 0.416 e. The van der Waals surface area contributed by atoms with Gasteiger partial charge in [-0.3, -0.25) is 4.98 Å². The van der Waals surface area contributed by atoms with E-state index in [1.165, 1.54) is 11.6 Å². The first-order chi connectivity index (χ1) is 7.83. The van der Waals surface area contributed by atoms with Crippen LogP contribution in [0.3, 0.4) is 0 Å². The topological polar surface area (TPSA) is 46.0 Å². The third-order valence-corrected chi connectivity index (χ3v) is 2.58. The van der Waals surface area contributed by atoms with Gasteiger partial charge in [0.2, 0.25) is 0 Å². The summed E-state index contributed by atoms with van der Waals surface area (Å²) >= 11 is 0. The summed E-state index contributed by atoms with van der Waals surface area (Å²) in [5.74, 6) is -0.428. The number of benzene rings is 2. The van der Waals surface area contributed by atoms with Gasteiger partial charge in [0.15, 0.2) is 0 Å². The Balaban J connectivity index is 2.22. The van der Waals surface area contributed by atoms with Crippen LogP contribution >= 0.6 is 0 Å². The van der Waals surface area contributed by atoms with Gasteiger partial charge in [-0.2, -0.15) is 0 Å². The first kappa shape index (κ1) is 8.97. The summed E-state index contributed by atoms with van der Waals surface area (Å²) in [5.41, 5.74) is 1.65. The van der Waals surface area contributed by atoms with Crippen molar-refractivity contribution in [1.82, 2.24) is 4.98 Å². The second kappa shape index (κ2) is 3.38. The second-order valence-corrected chi connectivity index (χ2v) is 3.62. The summed E-state index contributed by atoms with van der Waals surface area (Å²) in [5, 5.41) is 2.32. The van der Waals surface area contributed by atoms with E-state index < -0.39 is 5.76 Å². The van der Waals surface area contributed by atoms with Gasteiger partial charge < -0.3 is 4.42 Å². The maximum Gasteiger partial charge on any atom is 0.416 e. The minimum absolute atomic E-state index is 0.428. The molecule has 16 heavy (non-hydrogen) atoms. The molecule has 0 bridgehead atoms. The molecule has 0 fully saturated rings. The third-order valence-electron chi connectivity index (χ3n) is 2.58. The van der Waals surface area contributed by atoms with Crippen LogP contribution in [0.15, 0.2) is 57.9 Å². The molecule has 0 aliphatic rings. The number of aromatic nitrogens is 1. The molecule has 3 rings (SSSR count). The molecule has 1 heterocycles. The lowest BCUT2D eigenvalue weighted by Crippen LogP contribution is -1.94. The Kier molecular flexibility index (Phi) is 1.90. The average Bonchev–Trinajstić information content (AvgIpc) is 2.75. The zero-order valence-electron chi connectivity index (χ0n) is 8.44. The maximum absolute atomic E-state index is 10.9. The lowest BCUT2D eigenvalue weighted by Gasteiger charge is -2.00. The molecule has 3 heteroatoms. The van der Waals surface area contributed by atoms with Gasteiger partial charge in [0.25, 0.3) is 0 Å². The highest BCUT2D eigenvalue weighted by molar-refractivity contribution is 5.86. The van der Waals surface area contributed by atoms with E-state index in [1.807, 2.05) is 36.4 Å². The van der Waals surface area contributed by atoms with E-state index in [4.69, 9.17) is 4.42 Å². The van der Waals surface area contributed by atoms with Crippen molar-refractivity contribution < 1.29 is 4.42 Å². The van der Waals surface area contributed by atoms with E-state index in [9.17, 15) is 4.79 Å². The molecule has 2 aromatic carbocycles. The van der Waals surface area contributed by atoms with Crippen molar-refractivity contribution in [2.45, 2.75) is 0 Å². The van der Waals surface area contributed by atoms with Crippen molar-refractivity contribution in [3.05, 3.63) is 59.3 Å². The van der Waals surface area contributed by atoms with Gasteiger partial charge in [-0.15, -0.1) is 0 Å². The van der Waals surface area contributed by atoms with Crippen LogP contribution in [0.5, 0.6) is 0 Å². The number of aromatic amines is 1. The Bertz CT molecular complexity index is 694. The van der Waals surface area contributed by atoms with Crippen LogP contribution in [-0.2, 0) is 0 Å². The fourth-order valence-electron chi connectivity index (χ4n) is 1.78. The Morgan fingerprint density at radius 2 is 1.81 bits per heavy atom. The van der Waals surface area contributed by atoms with Crippen molar-refractivity contribution in [3.63, 3.8) is 0 Å². The van der Waals surface area contributed by atoms with E-state index in [2.05, 4.69) is 11.1 Å². The van der Waals surface area contributed by atoms with Gasteiger partial charge in [0.05, 0.1) is 5.69 Å². The predicted octanol–water partition coefficient (Wildman–Crippen LogP) is 2.79. The Morgan fingerprint density at radius 3 is 2.56 bits per heavy atom. The van der Waals surface area contributed by atoms with E-state index in [0.29, 0.717) is 5.69 Å². The molecule has 1 aromatic heterocycles. The number of H-pyrrole nitrogens is 1. The summed E-state index contributed by atoms with van der Waals surface area (Å²) in [7, 11) is 0. The molecule has 0 unspecified atom stereocenters. The molecule has 0 aliphatic carbocycles. The molecule has 1 N–H and O–H groups in total. The van der Waals surface area contributed by atoms with Crippen molar-refractivity contribution in [2.75, 3.05) is 0 Å². The van der Waals surface area contributed by atoms with Gasteiger partial charge >= 0.3 is 5.76 Å². The summed E-state index contributed by atoms with van der Waals surface area (Å²) in [6.07, 6.45) is 1.44. The summed E-state index contributed by atoms with van der Waals surface area (Å²) in [4.78, 5) is 13.5. The molecule has 0 aliphatic heterocycles. The molecular weight excluding hydrogens is 202 g/mol. The zero-order chi connectivity index (χ0) is 11.0. The Hall–Kier alpha value is -2.29. The molecule has 0 spiro atoms. The summed E-state index contributed by atoms with van der Waals surface area (Å²) < 4.78 is 4.72. The molecule has 3 aromatic rings. The third kappa shape index (κ3) is 1.42. The molecule has 0 atom stereocenters. The van der Waals surface area contributed by atoms with Crippen LogP contribution in [0, 0.1) is 0 Å². The van der Waals surface area contributed by atoms with E-state index in [-0.39, 0.29) is 0 Å². The van der Waals surface area contributed by atoms with Crippen molar-refractivity contribution in [2.24, 2.45) is 0 Å². The van der Waals surface area contributed by atoms with Crippen molar-refractivity contribution in [1.29, 1.82) is 0 Å². The average molecular weight is 211 g/mol. The fourth-order valence-corrected chi connectivity index (χ4v) is 1.78. The highest BCUT2D eigenvalue weighted by Gasteiger charge is 2.02. The lowest BCUT2D eigenvalue weighted by molar-refractivity contribution is 0.515. The van der Waals surface area contributed by atoms with Crippen LogP contribution < -0.4 is 5.76 Å². The number of rotatable bonds is 1. The van der Waals surface area contributed by atoms with Crippen molar-refractivity contribution >= 4 is 10.8 Å². The number of oxazole rings is 1. The lowest BCUT2D eigenvalue weighted by atomic mass is 10.1. The van der Waals surface area contributed by atoms with Crippen LogP contribution in [0.4, 0.5) is 0 Å². The van der Waals surface area contributed by atoms with Gasteiger partial charge in [-0.25, -0.2) is 4.79 Å². The van der Waals surface area contributed by atoms with Crippen molar-refractivity contribution in [3.8, 4) is 11.3 Å². The van der Waals surface area contributed by atoms with Crippen LogP contribution in [0.1, 0.15) is 0 Å². The first-order valence-corrected chi connectivity index (χ1v) is 5.00. The number of nitrogens with one attached hydrogen (secondary N) is 1. The minimum atomic E-state index is -0.428. The SMILES string of the molecule is O=c1[nH]c(-c2ccc3ccccc3c2)co1. The predicted molar refractivity (Wildman–Crippen MR) is 62.3 cm³/mol. The van der Waals surface area contributed by atoms with Gasteiger partial charge in [-0.05, 0) is 16.8 Å². The monoisotopic (exact) mass is 211 g/mol. The number of hydrogen-bond donors (Lipinski definition) is 1. The fraction of sp³-hybridized carbons (Fsp3) is 0. The molecule has 0 radical (unpaired) electrons. The Morgan fingerprint density at radius 1 is 1.00 bits per heavy atom. The molecule has 78 valence electrons. The quantitative estimate of drug-likeness (QED) is 0.672. The van der Waals surface area contributed by atoms with E-state index >= 15 is 0 Å². The first-order valence-electron chi connectivity index (χ1n) is 5.00. The summed E-state index contributed by atoms with van der Waals surface area (Å²) in [6, 6.07) is 14.1. The van der Waals surface area contributed by atoms with Gasteiger partial charge in [-0.1, -0.05) is 36.4 Å². The number of fused-ring (bicyclic) bond motifs is 1.